The SMILES string of the molecule is COc1cccc(CC(Br)c2cc(Br)sc2Br)c1. The minimum atomic E-state index is 0.293. The summed E-state index contributed by atoms with van der Waals surface area (Å²) in [6.45, 7) is 0. The van der Waals surface area contributed by atoms with E-state index in [9.17, 15) is 0 Å². The van der Waals surface area contributed by atoms with Gasteiger partial charge in [0.25, 0.3) is 0 Å². The van der Waals surface area contributed by atoms with Gasteiger partial charge in [-0.25, -0.2) is 0 Å². The Balaban J connectivity index is 2.15. The summed E-state index contributed by atoms with van der Waals surface area (Å²) in [5.74, 6) is 0.901. The average molecular weight is 455 g/mol. The van der Waals surface area contributed by atoms with Crippen LogP contribution in [-0.2, 0) is 6.42 Å². The van der Waals surface area contributed by atoms with Gasteiger partial charge in [0.1, 0.15) is 5.75 Å². The number of hydrogen-bond donors (Lipinski definition) is 0. The quantitative estimate of drug-likeness (QED) is 0.518. The van der Waals surface area contributed by atoms with E-state index in [0.29, 0.717) is 4.83 Å². The first-order chi connectivity index (χ1) is 8.60. The Hall–Kier alpha value is 0.160. The molecule has 0 amide bonds. The molecule has 96 valence electrons. The average Bonchev–Trinajstić information content (AvgIpc) is 2.69. The molecule has 1 aromatic carbocycles. The molecule has 0 fully saturated rings. The van der Waals surface area contributed by atoms with E-state index in [0.717, 1.165) is 16.0 Å². The molecule has 1 nitrogen and oxygen atoms in total. The van der Waals surface area contributed by atoms with Crippen LogP contribution in [-0.4, -0.2) is 7.11 Å². The molecule has 1 aromatic heterocycles. The van der Waals surface area contributed by atoms with Crippen molar-refractivity contribution in [3.63, 3.8) is 0 Å². The highest BCUT2D eigenvalue weighted by molar-refractivity contribution is 9.12. The van der Waals surface area contributed by atoms with Crippen LogP contribution in [0.4, 0.5) is 0 Å². The number of hydrogen-bond acceptors (Lipinski definition) is 2. The molecule has 0 aliphatic heterocycles. The lowest BCUT2D eigenvalue weighted by atomic mass is 10.1. The van der Waals surface area contributed by atoms with Crippen molar-refractivity contribution >= 4 is 59.1 Å². The lowest BCUT2D eigenvalue weighted by Crippen LogP contribution is -1.95. The fourth-order valence-electron chi connectivity index (χ4n) is 1.68. The molecule has 0 saturated carbocycles. The Labute approximate surface area is 136 Å². The van der Waals surface area contributed by atoms with E-state index in [2.05, 4.69) is 66.0 Å². The van der Waals surface area contributed by atoms with Gasteiger partial charge in [0.2, 0.25) is 0 Å². The Kier molecular flexibility index (Phi) is 5.30. The molecule has 5 heteroatoms. The highest BCUT2D eigenvalue weighted by atomic mass is 79.9. The Bertz CT molecular complexity index is 539. The van der Waals surface area contributed by atoms with E-state index < -0.39 is 0 Å². The van der Waals surface area contributed by atoms with Gasteiger partial charge in [-0.1, -0.05) is 28.1 Å². The van der Waals surface area contributed by atoms with E-state index in [1.165, 1.54) is 14.9 Å². The second-order valence-corrected chi connectivity index (χ2v) is 8.66. The molecule has 0 spiro atoms. The van der Waals surface area contributed by atoms with Crippen molar-refractivity contribution in [3.05, 3.63) is 49.0 Å². The van der Waals surface area contributed by atoms with Crippen molar-refractivity contribution in [2.75, 3.05) is 7.11 Å². The molecule has 2 aromatic rings. The third-order valence-electron chi connectivity index (χ3n) is 2.57. The largest absolute Gasteiger partial charge is 0.497 e. The summed E-state index contributed by atoms with van der Waals surface area (Å²) in [5, 5.41) is 0. The standard InChI is InChI=1S/C13H11Br3OS/c1-17-9-4-2-3-8(5-9)6-11(14)10-7-12(15)18-13(10)16/h2-5,7,11H,6H2,1H3. The van der Waals surface area contributed by atoms with Crippen molar-refractivity contribution < 1.29 is 4.74 Å². The van der Waals surface area contributed by atoms with E-state index in [4.69, 9.17) is 4.74 Å². The zero-order chi connectivity index (χ0) is 13.1. The summed E-state index contributed by atoms with van der Waals surface area (Å²) >= 11 is 12.5. The monoisotopic (exact) mass is 452 g/mol. The van der Waals surface area contributed by atoms with Crippen LogP contribution < -0.4 is 4.74 Å². The molecular weight excluding hydrogens is 444 g/mol. The van der Waals surface area contributed by atoms with Crippen LogP contribution >= 0.6 is 59.1 Å². The van der Waals surface area contributed by atoms with Gasteiger partial charge in [0.15, 0.2) is 0 Å². The molecule has 0 aliphatic rings. The first-order valence-electron chi connectivity index (χ1n) is 5.32. The van der Waals surface area contributed by atoms with Crippen LogP contribution in [0.1, 0.15) is 16.0 Å². The minimum Gasteiger partial charge on any atom is -0.497 e. The van der Waals surface area contributed by atoms with Gasteiger partial charge in [-0.15, -0.1) is 11.3 Å². The molecule has 2 rings (SSSR count). The number of methoxy groups -OCH3 is 1. The third-order valence-corrected chi connectivity index (χ3v) is 5.77. The summed E-state index contributed by atoms with van der Waals surface area (Å²) in [6.07, 6.45) is 0.930. The maximum absolute atomic E-state index is 5.24. The van der Waals surface area contributed by atoms with E-state index >= 15 is 0 Å². The van der Waals surface area contributed by atoms with Gasteiger partial charge in [0.05, 0.1) is 14.7 Å². The van der Waals surface area contributed by atoms with Crippen LogP contribution in [0.15, 0.2) is 37.9 Å². The van der Waals surface area contributed by atoms with E-state index in [1.807, 2.05) is 12.1 Å². The number of benzene rings is 1. The lowest BCUT2D eigenvalue weighted by Gasteiger charge is -2.10. The van der Waals surface area contributed by atoms with E-state index in [-0.39, 0.29) is 0 Å². The first-order valence-corrected chi connectivity index (χ1v) is 8.63. The van der Waals surface area contributed by atoms with Gasteiger partial charge in [-0.2, -0.15) is 0 Å². The highest BCUT2D eigenvalue weighted by Gasteiger charge is 2.15. The van der Waals surface area contributed by atoms with Gasteiger partial charge < -0.3 is 4.74 Å². The van der Waals surface area contributed by atoms with Gasteiger partial charge in [-0.3, -0.25) is 0 Å². The predicted octanol–water partition coefficient (Wildman–Crippen LogP) is 5.96. The first kappa shape index (κ1) is 14.6. The summed E-state index contributed by atoms with van der Waals surface area (Å²) < 4.78 is 7.54. The van der Waals surface area contributed by atoms with Crippen molar-refractivity contribution in [3.8, 4) is 5.75 Å². The molecule has 1 unspecified atom stereocenters. The van der Waals surface area contributed by atoms with Crippen LogP contribution in [0, 0.1) is 0 Å². The molecule has 0 N–H and O–H groups in total. The minimum absolute atomic E-state index is 0.293. The smallest absolute Gasteiger partial charge is 0.119 e. The van der Waals surface area contributed by atoms with Crippen molar-refractivity contribution in [1.82, 2.24) is 0 Å². The fourth-order valence-corrected chi connectivity index (χ4v) is 5.85. The molecule has 0 radical (unpaired) electrons. The molecule has 0 aliphatic carbocycles. The normalized spacial score (nSPS) is 12.4. The number of rotatable bonds is 4. The van der Waals surface area contributed by atoms with Gasteiger partial charge in [0, 0.05) is 4.83 Å². The zero-order valence-electron chi connectivity index (χ0n) is 9.62. The Morgan fingerprint density at radius 1 is 1.28 bits per heavy atom. The Morgan fingerprint density at radius 3 is 2.67 bits per heavy atom. The second kappa shape index (κ2) is 6.55. The Morgan fingerprint density at radius 2 is 2.06 bits per heavy atom. The predicted molar refractivity (Wildman–Crippen MR) is 88.1 cm³/mol. The molecule has 18 heavy (non-hydrogen) atoms. The number of alkyl halides is 1. The summed E-state index contributed by atoms with van der Waals surface area (Å²) in [6, 6.07) is 10.3. The van der Waals surface area contributed by atoms with Gasteiger partial charge >= 0.3 is 0 Å². The molecule has 0 bridgehead atoms. The molecule has 1 heterocycles. The van der Waals surface area contributed by atoms with Crippen molar-refractivity contribution in [1.29, 1.82) is 0 Å². The maximum Gasteiger partial charge on any atom is 0.119 e. The van der Waals surface area contributed by atoms with Crippen molar-refractivity contribution in [2.24, 2.45) is 0 Å². The summed E-state index contributed by atoms with van der Waals surface area (Å²) in [5.41, 5.74) is 2.53. The zero-order valence-corrected chi connectivity index (χ0v) is 15.2. The van der Waals surface area contributed by atoms with Gasteiger partial charge in [-0.05, 0) is 67.6 Å². The number of halogens is 3. The van der Waals surface area contributed by atoms with Crippen LogP contribution in [0.2, 0.25) is 0 Å². The summed E-state index contributed by atoms with van der Waals surface area (Å²) in [7, 11) is 1.69. The molecule has 0 saturated heterocycles. The van der Waals surface area contributed by atoms with Crippen molar-refractivity contribution in [2.45, 2.75) is 11.2 Å². The fraction of sp³-hybridized carbons (Fsp3) is 0.231. The highest BCUT2D eigenvalue weighted by Crippen LogP contribution is 2.40. The van der Waals surface area contributed by atoms with Crippen LogP contribution in [0.25, 0.3) is 0 Å². The van der Waals surface area contributed by atoms with Crippen LogP contribution in [0.3, 0.4) is 0 Å². The molecule has 1 atom stereocenters. The third kappa shape index (κ3) is 3.59. The lowest BCUT2D eigenvalue weighted by molar-refractivity contribution is 0.414. The molecular formula is C13H11Br3OS. The maximum atomic E-state index is 5.24. The topological polar surface area (TPSA) is 9.23 Å². The second-order valence-electron chi connectivity index (χ2n) is 3.80. The van der Waals surface area contributed by atoms with E-state index in [1.54, 1.807) is 18.4 Å². The number of ether oxygens (including phenoxy) is 1. The summed E-state index contributed by atoms with van der Waals surface area (Å²) in [4.78, 5) is 0.293. The van der Waals surface area contributed by atoms with Crippen LogP contribution in [0.5, 0.6) is 5.75 Å². The number of thiophene rings is 1.